The first-order chi connectivity index (χ1) is 12.1. The summed E-state index contributed by atoms with van der Waals surface area (Å²) in [5.41, 5.74) is 2.81. The predicted molar refractivity (Wildman–Crippen MR) is 87.1 cm³/mol. The molecular weight excluding hydrogens is 377 g/mol. The van der Waals surface area contributed by atoms with Gasteiger partial charge in [0.15, 0.2) is 0 Å². The number of methoxy groups -OCH3 is 1. The van der Waals surface area contributed by atoms with Gasteiger partial charge >= 0.3 is 12.1 Å². The smallest absolute Gasteiger partial charge is 0.455 e. The molecule has 0 fully saturated rings. The van der Waals surface area contributed by atoms with Gasteiger partial charge in [-0.15, -0.1) is 11.3 Å². The highest BCUT2D eigenvalue weighted by Gasteiger charge is 2.57. The molecule has 26 heavy (non-hydrogen) atoms. The molecule has 1 aliphatic carbocycles. The summed E-state index contributed by atoms with van der Waals surface area (Å²) in [6.07, 6.45) is -4.29. The molecule has 1 aliphatic rings. The van der Waals surface area contributed by atoms with Gasteiger partial charge in [-0.1, -0.05) is 6.07 Å². The third-order valence-corrected chi connectivity index (χ3v) is 5.35. The minimum absolute atomic E-state index is 0.101. The second kappa shape index (κ2) is 6.53. The van der Waals surface area contributed by atoms with Gasteiger partial charge < -0.3 is 10.1 Å². The molecule has 1 heterocycles. The Morgan fingerprint density at radius 1 is 1.15 bits per heavy atom. The van der Waals surface area contributed by atoms with Crippen LogP contribution in [0.2, 0.25) is 0 Å². The van der Waals surface area contributed by atoms with E-state index < -0.39 is 24.6 Å². The number of ether oxygens (including phenoxy) is 1. The van der Waals surface area contributed by atoms with Gasteiger partial charge in [0.25, 0.3) is 5.91 Å². The maximum absolute atomic E-state index is 13.0. The molecule has 1 N–H and O–H groups in total. The van der Waals surface area contributed by atoms with Crippen molar-refractivity contribution in [2.24, 2.45) is 0 Å². The van der Waals surface area contributed by atoms with Crippen LogP contribution in [0, 0.1) is 0 Å². The van der Waals surface area contributed by atoms with Crippen molar-refractivity contribution in [2.45, 2.75) is 24.9 Å². The summed E-state index contributed by atoms with van der Waals surface area (Å²) in [6.45, 7) is -1.79. The number of fused-ring (bicyclic) bond motifs is 3. The summed E-state index contributed by atoms with van der Waals surface area (Å²) in [5, 5.41) is 1.68. The van der Waals surface area contributed by atoms with Gasteiger partial charge in [-0.3, -0.25) is 4.79 Å². The van der Waals surface area contributed by atoms with Crippen LogP contribution in [0.15, 0.2) is 24.3 Å². The fourth-order valence-electron chi connectivity index (χ4n) is 2.71. The Balaban J connectivity index is 1.82. The van der Waals surface area contributed by atoms with Crippen molar-refractivity contribution in [3.05, 3.63) is 40.3 Å². The van der Waals surface area contributed by atoms with Crippen molar-refractivity contribution in [3.8, 4) is 16.2 Å². The molecule has 0 saturated heterocycles. The number of hydrogen-bond donors (Lipinski definition) is 1. The maximum atomic E-state index is 13.0. The van der Waals surface area contributed by atoms with Gasteiger partial charge in [0.1, 0.15) is 5.75 Å². The number of thiophene rings is 1. The molecular formula is C17H14F5NO2S. The molecule has 1 aromatic heterocycles. The van der Waals surface area contributed by atoms with E-state index in [1.807, 2.05) is 18.2 Å². The summed E-state index contributed by atoms with van der Waals surface area (Å²) in [4.78, 5) is 12.9. The molecule has 1 amide bonds. The van der Waals surface area contributed by atoms with E-state index in [2.05, 4.69) is 0 Å². The van der Waals surface area contributed by atoms with Crippen LogP contribution >= 0.6 is 11.3 Å². The number of amides is 1. The third kappa shape index (κ3) is 3.40. The quantitative estimate of drug-likeness (QED) is 0.782. The van der Waals surface area contributed by atoms with E-state index in [9.17, 15) is 26.7 Å². The van der Waals surface area contributed by atoms with Crippen molar-refractivity contribution >= 4 is 17.2 Å². The molecule has 0 unspecified atom stereocenters. The first-order valence-electron chi connectivity index (χ1n) is 7.65. The molecule has 3 rings (SSSR count). The van der Waals surface area contributed by atoms with Gasteiger partial charge in [-0.05, 0) is 47.7 Å². The lowest BCUT2D eigenvalue weighted by Gasteiger charge is -2.19. The van der Waals surface area contributed by atoms with Crippen molar-refractivity contribution in [1.29, 1.82) is 0 Å². The van der Waals surface area contributed by atoms with E-state index in [1.54, 1.807) is 11.4 Å². The second-order valence-corrected chi connectivity index (χ2v) is 6.93. The summed E-state index contributed by atoms with van der Waals surface area (Å²) in [6, 6.07) is 7.11. The Labute approximate surface area is 149 Å². The average Bonchev–Trinajstić information content (AvgIpc) is 3.03. The van der Waals surface area contributed by atoms with Crippen LogP contribution in [0.4, 0.5) is 22.0 Å². The Morgan fingerprint density at radius 3 is 2.50 bits per heavy atom. The number of hydrogen-bond acceptors (Lipinski definition) is 3. The van der Waals surface area contributed by atoms with Crippen molar-refractivity contribution in [1.82, 2.24) is 5.32 Å². The fourth-order valence-corrected chi connectivity index (χ4v) is 3.89. The largest absolute Gasteiger partial charge is 0.497 e. The number of aryl methyl sites for hydroxylation is 2. The predicted octanol–water partition coefficient (Wildman–Crippen LogP) is 4.45. The van der Waals surface area contributed by atoms with E-state index in [-0.39, 0.29) is 4.88 Å². The zero-order valence-electron chi connectivity index (χ0n) is 13.5. The van der Waals surface area contributed by atoms with Crippen LogP contribution in [0.25, 0.3) is 10.4 Å². The molecule has 9 heteroatoms. The molecule has 0 atom stereocenters. The van der Waals surface area contributed by atoms with Crippen LogP contribution < -0.4 is 10.1 Å². The fraction of sp³-hybridized carbons (Fsp3) is 0.353. The zero-order valence-corrected chi connectivity index (χ0v) is 14.4. The summed E-state index contributed by atoms with van der Waals surface area (Å²) < 4.78 is 67.7. The molecule has 0 radical (unpaired) electrons. The third-order valence-electron chi connectivity index (χ3n) is 4.14. The van der Waals surface area contributed by atoms with Crippen molar-refractivity contribution in [3.63, 3.8) is 0 Å². The summed E-state index contributed by atoms with van der Waals surface area (Å²) >= 11 is 1.07. The monoisotopic (exact) mass is 391 g/mol. The normalized spacial score (nSPS) is 13.8. The standard InChI is InChI=1S/C17H14F5NO2S/c1-25-11-5-4-9-2-3-10-6-13(26-14(10)12(9)7-11)15(24)23-8-16(18,19)17(20,21)22/h4-7H,2-3,8H2,1H3,(H,23,24). The van der Waals surface area contributed by atoms with Gasteiger partial charge in [-0.25, -0.2) is 0 Å². The molecule has 0 saturated carbocycles. The van der Waals surface area contributed by atoms with E-state index in [0.717, 1.165) is 39.3 Å². The van der Waals surface area contributed by atoms with Crippen LogP contribution in [0.1, 0.15) is 20.8 Å². The molecule has 2 aromatic rings. The Hall–Kier alpha value is -2.16. The minimum atomic E-state index is -5.70. The summed E-state index contributed by atoms with van der Waals surface area (Å²) in [5.74, 6) is -5.28. The lowest BCUT2D eigenvalue weighted by Crippen LogP contribution is -2.46. The van der Waals surface area contributed by atoms with Gasteiger partial charge in [-0.2, -0.15) is 22.0 Å². The maximum Gasteiger partial charge on any atom is 0.455 e. The summed E-state index contributed by atoms with van der Waals surface area (Å²) in [7, 11) is 1.53. The highest BCUT2D eigenvalue weighted by Crippen LogP contribution is 2.41. The van der Waals surface area contributed by atoms with E-state index >= 15 is 0 Å². The van der Waals surface area contributed by atoms with E-state index in [1.165, 1.54) is 7.11 Å². The lowest BCUT2D eigenvalue weighted by molar-refractivity contribution is -0.278. The van der Waals surface area contributed by atoms with Gasteiger partial charge in [0.2, 0.25) is 0 Å². The zero-order chi connectivity index (χ0) is 19.1. The minimum Gasteiger partial charge on any atom is -0.497 e. The van der Waals surface area contributed by atoms with E-state index in [4.69, 9.17) is 4.74 Å². The molecule has 0 aliphatic heterocycles. The molecule has 1 aromatic carbocycles. The number of halogens is 5. The number of alkyl halides is 5. The lowest BCUT2D eigenvalue weighted by atomic mass is 9.91. The average molecular weight is 391 g/mol. The molecule has 140 valence electrons. The molecule has 3 nitrogen and oxygen atoms in total. The van der Waals surface area contributed by atoms with Crippen LogP contribution in [0.3, 0.4) is 0 Å². The Morgan fingerprint density at radius 2 is 1.85 bits per heavy atom. The van der Waals surface area contributed by atoms with Crippen LogP contribution in [-0.4, -0.2) is 31.7 Å². The van der Waals surface area contributed by atoms with E-state index in [0.29, 0.717) is 12.2 Å². The van der Waals surface area contributed by atoms with Crippen LogP contribution in [-0.2, 0) is 12.8 Å². The van der Waals surface area contributed by atoms with Crippen molar-refractivity contribution in [2.75, 3.05) is 13.7 Å². The van der Waals surface area contributed by atoms with Crippen LogP contribution in [0.5, 0.6) is 5.75 Å². The van der Waals surface area contributed by atoms with Crippen molar-refractivity contribution < 1.29 is 31.5 Å². The highest BCUT2D eigenvalue weighted by molar-refractivity contribution is 7.17. The number of benzene rings is 1. The molecule has 0 spiro atoms. The van der Waals surface area contributed by atoms with Gasteiger partial charge in [0, 0.05) is 4.88 Å². The Bertz CT molecular complexity index is 844. The highest BCUT2D eigenvalue weighted by atomic mass is 32.1. The molecule has 0 bridgehead atoms. The number of carbonyl (C=O) groups excluding carboxylic acids is 1. The first kappa shape index (κ1) is 18.6. The SMILES string of the molecule is COc1ccc2c(c1)-c1sc(C(=O)NCC(F)(F)C(F)(F)F)cc1CC2. The number of carbonyl (C=O) groups is 1. The topological polar surface area (TPSA) is 38.3 Å². The van der Waals surface area contributed by atoms with Gasteiger partial charge in [0.05, 0.1) is 18.5 Å². The second-order valence-electron chi connectivity index (χ2n) is 5.87. The number of rotatable bonds is 4. The Kier molecular flexibility index (Phi) is 4.68. The first-order valence-corrected chi connectivity index (χ1v) is 8.47. The number of nitrogens with one attached hydrogen (secondary N) is 1.